The maximum atomic E-state index is 12.7. The number of nitrogens with zero attached hydrogens (tertiary/aromatic N) is 2. The third-order valence-corrected chi connectivity index (χ3v) is 6.78. The van der Waals surface area contributed by atoms with Crippen LogP contribution in [0.3, 0.4) is 0 Å². The average molecular weight is 419 g/mol. The van der Waals surface area contributed by atoms with Crippen molar-refractivity contribution in [1.29, 1.82) is 0 Å². The monoisotopic (exact) mass is 418 g/mol. The number of carbonyl (C=O) groups excluding carboxylic acids is 2. The van der Waals surface area contributed by atoms with Gasteiger partial charge in [-0.1, -0.05) is 24.3 Å². The fourth-order valence-corrected chi connectivity index (χ4v) is 5.09. The minimum Gasteiger partial charge on any atom is -0.358 e. The summed E-state index contributed by atoms with van der Waals surface area (Å²) in [6.45, 7) is 4.59. The number of hydrogen-bond donors (Lipinski definition) is 2. The second-order valence-electron chi connectivity index (χ2n) is 8.83. The highest BCUT2D eigenvalue weighted by Gasteiger charge is 2.34. The zero-order chi connectivity index (χ0) is 21.2. The smallest absolute Gasteiger partial charge is 0.251 e. The van der Waals surface area contributed by atoms with E-state index in [-0.39, 0.29) is 17.9 Å². The first-order chi connectivity index (χ1) is 15.2. The molecule has 3 aliphatic heterocycles. The number of rotatable bonds is 5. The zero-order valence-electron chi connectivity index (χ0n) is 17.9. The lowest BCUT2D eigenvalue weighted by Gasteiger charge is -2.41. The van der Waals surface area contributed by atoms with E-state index < -0.39 is 0 Å². The second-order valence-corrected chi connectivity index (χ2v) is 8.83. The molecule has 31 heavy (non-hydrogen) atoms. The number of nitrogens with one attached hydrogen (secondary N) is 2. The molecule has 2 aromatic carbocycles. The van der Waals surface area contributed by atoms with Crippen LogP contribution in [0.2, 0.25) is 0 Å². The van der Waals surface area contributed by atoms with Crippen molar-refractivity contribution in [3.05, 3.63) is 59.2 Å². The largest absolute Gasteiger partial charge is 0.358 e. The Hall–Kier alpha value is -2.86. The lowest BCUT2D eigenvalue weighted by Crippen LogP contribution is -2.50. The lowest BCUT2D eigenvalue weighted by molar-refractivity contribution is -0.118. The molecule has 1 saturated heterocycles. The van der Waals surface area contributed by atoms with Gasteiger partial charge in [0, 0.05) is 38.3 Å². The highest BCUT2D eigenvalue weighted by molar-refractivity contribution is 6.05. The van der Waals surface area contributed by atoms with Gasteiger partial charge in [0.25, 0.3) is 5.91 Å². The summed E-state index contributed by atoms with van der Waals surface area (Å²) in [5.41, 5.74) is 5.27. The highest BCUT2D eigenvalue weighted by Crippen LogP contribution is 2.36. The number of carbonyl (C=O) groups is 2. The van der Waals surface area contributed by atoms with E-state index >= 15 is 0 Å². The van der Waals surface area contributed by atoms with Crippen molar-refractivity contribution >= 4 is 23.2 Å². The van der Waals surface area contributed by atoms with Gasteiger partial charge in [0.1, 0.15) is 6.04 Å². The van der Waals surface area contributed by atoms with Gasteiger partial charge in [-0.15, -0.1) is 0 Å². The van der Waals surface area contributed by atoms with E-state index in [1.165, 1.54) is 11.1 Å². The predicted octanol–water partition coefficient (Wildman–Crippen LogP) is 3.18. The van der Waals surface area contributed by atoms with Crippen LogP contribution in [-0.4, -0.2) is 48.9 Å². The molecule has 0 aliphatic carbocycles. The summed E-state index contributed by atoms with van der Waals surface area (Å²) in [6, 6.07) is 14.3. The topological polar surface area (TPSA) is 64.7 Å². The van der Waals surface area contributed by atoms with Gasteiger partial charge < -0.3 is 15.5 Å². The molecule has 2 aromatic rings. The van der Waals surface area contributed by atoms with Crippen molar-refractivity contribution in [3.8, 4) is 0 Å². The fourth-order valence-electron chi connectivity index (χ4n) is 5.09. The molecule has 2 amide bonds. The first-order valence-electron chi connectivity index (χ1n) is 11.5. The molecule has 3 aliphatic rings. The molecule has 1 unspecified atom stereocenters. The molecule has 0 saturated carbocycles. The summed E-state index contributed by atoms with van der Waals surface area (Å²) in [5.74, 6) is -0.0327. The molecule has 0 spiro atoms. The van der Waals surface area contributed by atoms with Crippen molar-refractivity contribution in [3.63, 3.8) is 0 Å². The van der Waals surface area contributed by atoms with E-state index in [1.54, 1.807) is 0 Å². The van der Waals surface area contributed by atoms with Gasteiger partial charge in [-0.25, -0.2) is 0 Å². The van der Waals surface area contributed by atoms with Crippen LogP contribution in [0.15, 0.2) is 42.5 Å². The maximum Gasteiger partial charge on any atom is 0.251 e. The molecule has 5 rings (SSSR count). The van der Waals surface area contributed by atoms with E-state index in [9.17, 15) is 9.59 Å². The number of piperidine rings is 1. The quantitative estimate of drug-likeness (QED) is 0.732. The Kier molecular flexibility index (Phi) is 5.64. The summed E-state index contributed by atoms with van der Waals surface area (Å²) in [7, 11) is 0. The number of amides is 2. The molecule has 6 heteroatoms. The molecule has 1 fully saturated rings. The molecule has 6 nitrogen and oxygen atoms in total. The molecule has 0 radical (unpaired) electrons. The lowest BCUT2D eigenvalue weighted by atomic mass is 9.97. The molecule has 0 aromatic heterocycles. The summed E-state index contributed by atoms with van der Waals surface area (Å²) in [5, 5.41) is 6.05. The normalized spacial score (nSPS) is 20.3. The minimum atomic E-state index is -0.0817. The van der Waals surface area contributed by atoms with Crippen molar-refractivity contribution in [2.24, 2.45) is 0 Å². The summed E-state index contributed by atoms with van der Waals surface area (Å²) >= 11 is 0. The Balaban J connectivity index is 1.14. The van der Waals surface area contributed by atoms with Gasteiger partial charge in [0.15, 0.2) is 0 Å². The molecule has 3 heterocycles. The van der Waals surface area contributed by atoms with Gasteiger partial charge in [0.05, 0.1) is 11.4 Å². The van der Waals surface area contributed by atoms with Crippen LogP contribution in [0.5, 0.6) is 0 Å². The Bertz CT molecular complexity index is 989. The van der Waals surface area contributed by atoms with Crippen LogP contribution in [0.25, 0.3) is 0 Å². The number of benzene rings is 2. The number of anilines is 2. The van der Waals surface area contributed by atoms with E-state index in [4.69, 9.17) is 0 Å². The van der Waals surface area contributed by atoms with Gasteiger partial charge in [-0.2, -0.15) is 0 Å². The Labute approximate surface area is 183 Å². The Morgan fingerprint density at radius 2 is 1.97 bits per heavy atom. The number of fused-ring (bicyclic) bond motifs is 4. The summed E-state index contributed by atoms with van der Waals surface area (Å²) in [6.07, 6.45) is 5.12. The first-order valence-corrected chi connectivity index (χ1v) is 11.5. The van der Waals surface area contributed by atoms with Crippen LogP contribution < -0.4 is 15.5 Å². The molecule has 0 bridgehead atoms. The van der Waals surface area contributed by atoms with Gasteiger partial charge in [-0.3, -0.25) is 14.5 Å². The second kappa shape index (κ2) is 8.71. The number of hydrogen-bond acceptors (Lipinski definition) is 4. The van der Waals surface area contributed by atoms with Gasteiger partial charge in [-0.05, 0) is 61.4 Å². The van der Waals surface area contributed by atoms with Crippen LogP contribution in [0.4, 0.5) is 11.4 Å². The fraction of sp³-hybridized carbons (Fsp3) is 0.440. The van der Waals surface area contributed by atoms with Crippen LogP contribution >= 0.6 is 0 Å². The van der Waals surface area contributed by atoms with Crippen molar-refractivity contribution in [2.75, 3.05) is 36.4 Å². The van der Waals surface area contributed by atoms with Gasteiger partial charge >= 0.3 is 0 Å². The first kappa shape index (κ1) is 20.1. The van der Waals surface area contributed by atoms with E-state index in [2.05, 4.69) is 44.7 Å². The Morgan fingerprint density at radius 3 is 2.87 bits per heavy atom. The molecular formula is C25H30N4O2. The van der Waals surface area contributed by atoms with Gasteiger partial charge in [0.2, 0.25) is 5.91 Å². The molecular weight excluding hydrogens is 388 g/mol. The summed E-state index contributed by atoms with van der Waals surface area (Å²) < 4.78 is 0. The molecule has 162 valence electrons. The third-order valence-electron chi connectivity index (χ3n) is 6.78. The van der Waals surface area contributed by atoms with Crippen LogP contribution in [0.1, 0.15) is 47.2 Å². The predicted molar refractivity (Wildman–Crippen MR) is 122 cm³/mol. The van der Waals surface area contributed by atoms with Crippen molar-refractivity contribution in [2.45, 2.75) is 44.7 Å². The third kappa shape index (κ3) is 4.17. The standard InChI is InChI=1S/C25H30N4O2/c30-24(26-12-5-13-28-15-11-18-6-1-2-7-20(18)17-28)19-9-10-22-21(16-19)27-25(31)23-8-3-4-14-29(22)23/h1-2,6-7,9-10,16,23H,3-5,8,11-15,17H2,(H,26,30)(H,27,31). The molecule has 2 N–H and O–H groups in total. The Morgan fingerprint density at radius 1 is 1.10 bits per heavy atom. The van der Waals surface area contributed by atoms with Crippen molar-refractivity contribution < 1.29 is 9.59 Å². The average Bonchev–Trinajstić information content (AvgIpc) is 2.81. The summed E-state index contributed by atoms with van der Waals surface area (Å²) in [4.78, 5) is 29.8. The van der Waals surface area contributed by atoms with E-state index in [0.29, 0.717) is 12.1 Å². The van der Waals surface area contributed by atoms with Crippen LogP contribution in [-0.2, 0) is 17.8 Å². The van der Waals surface area contributed by atoms with E-state index in [1.807, 2.05) is 18.2 Å². The van der Waals surface area contributed by atoms with Crippen molar-refractivity contribution in [1.82, 2.24) is 10.2 Å². The van der Waals surface area contributed by atoms with E-state index in [0.717, 1.165) is 69.7 Å². The SMILES string of the molecule is O=C(NCCCN1CCc2ccccc2C1)c1ccc2c(c1)NC(=O)C1CCCCN21. The zero-order valence-corrected chi connectivity index (χ0v) is 17.9. The minimum absolute atomic E-state index is 0.0489. The van der Waals surface area contributed by atoms with Crippen LogP contribution in [0, 0.1) is 0 Å². The highest BCUT2D eigenvalue weighted by atomic mass is 16.2. The molecule has 1 atom stereocenters. The maximum absolute atomic E-state index is 12.7.